The molecule has 0 spiro atoms. The average Bonchev–Trinajstić information content (AvgIpc) is 3.44. The molecule has 0 bridgehead atoms. The van der Waals surface area contributed by atoms with Crippen LogP contribution in [0.3, 0.4) is 0 Å². The van der Waals surface area contributed by atoms with E-state index in [0.29, 0.717) is 0 Å². The van der Waals surface area contributed by atoms with Crippen molar-refractivity contribution in [2.45, 2.75) is 19.3 Å². The first kappa shape index (κ1) is 30.9. The SMILES string of the molecule is CC1(C)c2cc(-c3cc(-c4ccccc4)cc(-c4ccc5c6c(cccc46)-c4ccc(-c6ccccc6)cc4O5)c3)ccc2-c2cc3ccccc3cc21. The smallest absolute Gasteiger partial charge is 0.135 e. The first-order chi connectivity index (χ1) is 26.5. The molecule has 0 atom stereocenters. The summed E-state index contributed by atoms with van der Waals surface area (Å²) in [5.41, 5.74) is 17.2. The van der Waals surface area contributed by atoms with E-state index in [-0.39, 0.29) is 5.41 Å². The Balaban J connectivity index is 1.07. The van der Waals surface area contributed by atoms with Crippen molar-refractivity contribution >= 4 is 21.5 Å². The lowest BCUT2D eigenvalue weighted by Gasteiger charge is -2.24. The van der Waals surface area contributed by atoms with Crippen molar-refractivity contribution in [3.8, 4) is 78.3 Å². The van der Waals surface area contributed by atoms with Crippen LogP contribution >= 0.6 is 0 Å². The predicted molar refractivity (Wildman–Crippen MR) is 226 cm³/mol. The van der Waals surface area contributed by atoms with Crippen molar-refractivity contribution in [2.75, 3.05) is 0 Å². The molecule has 54 heavy (non-hydrogen) atoms. The third-order valence-electron chi connectivity index (χ3n) is 11.8. The van der Waals surface area contributed by atoms with Crippen LogP contribution in [0.5, 0.6) is 11.5 Å². The van der Waals surface area contributed by atoms with E-state index < -0.39 is 0 Å². The second-order valence-corrected chi connectivity index (χ2v) is 15.3. The van der Waals surface area contributed by atoms with Crippen molar-refractivity contribution in [3.63, 3.8) is 0 Å². The van der Waals surface area contributed by atoms with Crippen LogP contribution in [0.1, 0.15) is 25.0 Å². The molecule has 0 aromatic heterocycles. The van der Waals surface area contributed by atoms with Gasteiger partial charge >= 0.3 is 0 Å². The molecule has 9 aromatic carbocycles. The molecule has 0 radical (unpaired) electrons. The van der Waals surface area contributed by atoms with Crippen LogP contribution in [0.4, 0.5) is 0 Å². The highest BCUT2D eigenvalue weighted by Gasteiger charge is 2.36. The Morgan fingerprint density at radius 3 is 1.69 bits per heavy atom. The molecular formula is C53H36O. The number of fused-ring (bicyclic) bond motifs is 6. The molecule has 0 saturated heterocycles. The fourth-order valence-corrected chi connectivity index (χ4v) is 9.04. The monoisotopic (exact) mass is 688 g/mol. The summed E-state index contributed by atoms with van der Waals surface area (Å²) in [5.74, 6) is 1.79. The standard InChI is InChI=1S/C53H36O/c1-53(2)48-31-37(20-22-43(48)47-29-35-16-9-10-17-36(35)30-49(47)53)40-26-39(34-14-7-4-8-15-34)27-41(28-40)42-24-25-50-52-45(42)18-11-19-46(52)44-23-21-38(32-51(44)54-50)33-12-5-3-6-13-33/h3-32H,1-2H3. The van der Waals surface area contributed by atoms with Crippen molar-refractivity contribution in [1.29, 1.82) is 0 Å². The van der Waals surface area contributed by atoms with E-state index in [0.717, 1.165) is 28.0 Å². The largest absolute Gasteiger partial charge is 0.456 e. The maximum Gasteiger partial charge on any atom is 0.135 e. The molecule has 9 aromatic rings. The van der Waals surface area contributed by atoms with Crippen molar-refractivity contribution in [1.82, 2.24) is 0 Å². The average molecular weight is 689 g/mol. The molecule has 0 saturated carbocycles. The summed E-state index contributed by atoms with van der Waals surface area (Å²) in [6.07, 6.45) is 0. The summed E-state index contributed by atoms with van der Waals surface area (Å²) in [6.45, 7) is 4.75. The maximum absolute atomic E-state index is 6.70. The first-order valence-corrected chi connectivity index (χ1v) is 18.8. The van der Waals surface area contributed by atoms with Crippen LogP contribution in [-0.2, 0) is 5.41 Å². The molecular weight excluding hydrogens is 653 g/mol. The normalized spacial score (nSPS) is 13.3. The van der Waals surface area contributed by atoms with Gasteiger partial charge in [-0.3, -0.25) is 0 Å². The Hall–Kier alpha value is -6.70. The second-order valence-electron chi connectivity index (χ2n) is 15.3. The van der Waals surface area contributed by atoms with Gasteiger partial charge in [0.25, 0.3) is 0 Å². The van der Waals surface area contributed by atoms with Gasteiger partial charge in [-0.2, -0.15) is 0 Å². The van der Waals surface area contributed by atoms with E-state index in [2.05, 4.69) is 196 Å². The van der Waals surface area contributed by atoms with E-state index >= 15 is 0 Å². The van der Waals surface area contributed by atoms with E-state index in [9.17, 15) is 0 Å². The molecule has 0 unspecified atom stereocenters. The number of hydrogen-bond donors (Lipinski definition) is 0. The van der Waals surface area contributed by atoms with Gasteiger partial charge in [0.05, 0.1) is 0 Å². The zero-order valence-corrected chi connectivity index (χ0v) is 30.2. The van der Waals surface area contributed by atoms with Crippen molar-refractivity contribution < 1.29 is 4.74 Å². The van der Waals surface area contributed by atoms with Gasteiger partial charge < -0.3 is 4.74 Å². The van der Waals surface area contributed by atoms with Crippen LogP contribution < -0.4 is 4.74 Å². The van der Waals surface area contributed by atoms with Crippen LogP contribution in [0, 0.1) is 0 Å². The number of ether oxygens (including phenoxy) is 1. The Labute approximate surface area is 315 Å². The summed E-state index contributed by atoms with van der Waals surface area (Å²) in [4.78, 5) is 0. The molecule has 1 heterocycles. The van der Waals surface area contributed by atoms with Gasteiger partial charge in [0.15, 0.2) is 0 Å². The van der Waals surface area contributed by atoms with Gasteiger partial charge in [-0.05, 0) is 143 Å². The number of benzene rings is 9. The highest BCUT2D eigenvalue weighted by atomic mass is 16.5. The van der Waals surface area contributed by atoms with Gasteiger partial charge in [0, 0.05) is 16.4 Å². The Bertz CT molecular complexity index is 2970. The zero-order chi connectivity index (χ0) is 36.0. The minimum Gasteiger partial charge on any atom is -0.456 e. The third-order valence-corrected chi connectivity index (χ3v) is 11.8. The summed E-state index contributed by atoms with van der Waals surface area (Å²) in [6, 6.07) is 66.7. The topological polar surface area (TPSA) is 9.23 Å². The van der Waals surface area contributed by atoms with E-state index in [1.54, 1.807) is 0 Å². The number of hydrogen-bond acceptors (Lipinski definition) is 1. The van der Waals surface area contributed by atoms with E-state index in [4.69, 9.17) is 4.74 Å². The Morgan fingerprint density at radius 2 is 0.926 bits per heavy atom. The molecule has 254 valence electrons. The molecule has 1 heteroatoms. The van der Waals surface area contributed by atoms with Crippen LogP contribution in [-0.4, -0.2) is 0 Å². The van der Waals surface area contributed by atoms with Gasteiger partial charge in [0.1, 0.15) is 11.5 Å². The third kappa shape index (κ3) is 4.72. The molecule has 11 rings (SSSR count). The molecule has 0 amide bonds. The fourth-order valence-electron chi connectivity index (χ4n) is 9.04. The quantitative estimate of drug-likeness (QED) is 0.179. The van der Waals surface area contributed by atoms with Crippen molar-refractivity contribution in [2.24, 2.45) is 0 Å². The van der Waals surface area contributed by atoms with Gasteiger partial charge in [-0.25, -0.2) is 0 Å². The zero-order valence-electron chi connectivity index (χ0n) is 30.2. The van der Waals surface area contributed by atoms with Gasteiger partial charge in [0.2, 0.25) is 0 Å². The minimum atomic E-state index is -0.112. The lowest BCUT2D eigenvalue weighted by atomic mass is 9.81. The van der Waals surface area contributed by atoms with Crippen LogP contribution in [0.2, 0.25) is 0 Å². The van der Waals surface area contributed by atoms with E-state index in [1.165, 1.54) is 82.9 Å². The molecule has 2 aliphatic rings. The minimum absolute atomic E-state index is 0.112. The molecule has 1 aliphatic heterocycles. The molecule has 0 N–H and O–H groups in total. The summed E-state index contributed by atoms with van der Waals surface area (Å²) in [7, 11) is 0. The summed E-state index contributed by atoms with van der Waals surface area (Å²) in [5, 5.41) is 4.93. The Morgan fingerprint density at radius 1 is 0.333 bits per heavy atom. The predicted octanol–water partition coefficient (Wildman–Crippen LogP) is 14.7. The lowest BCUT2D eigenvalue weighted by Crippen LogP contribution is -2.15. The lowest BCUT2D eigenvalue weighted by molar-refractivity contribution is 0.487. The number of rotatable bonds is 4. The van der Waals surface area contributed by atoms with Crippen molar-refractivity contribution in [3.05, 3.63) is 193 Å². The van der Waals surface area contributed by atoms with Gasteiger partial charge in [-0.1, -0.05) is 141 Å². The fraction of sp³-hybridized carbons (Fsp3) is 0.0566. The molecule has 1 nitrogen and oxygen atoms in total. The Kier molecular flexibility index (Phi) is 6.66. The maximum atomic E-state index is 6.70. The van der Waals surface area contributed by atoms with Crippen LogP contribution in [0.25, 0.3) is 88.3 Å². The first-order valence-electron chi connectivity index (χ1n) is 18.8. The van der Waals surface area contributed by atoms with E-state index in [1.807, 2.05) is 0 Å². The molecule has 0 fully saturated rings. The highest BCUT2D eigenvalue weighted by Crippen LogP contribution is 2.52. The molecule has 1 aliphatic carbocycles. The van der Waals surface area contributed by atoms with Gasteiger partial charge in [-0.15, -0.1) is 0 Å². The summed E-state index contributed by atoms with van der Waals surface area (Å²) >= 11 is 0. The summed E-state index contributed by atoms with van der Waals surface area (Å²) < 4.78 is 6.70. The highest BCUT2D eigenvalue weighted by molar-refractivity contribution is 6.10. The van der Waals surface area contributed by atoms with Crippen LogP contribution in [0.15, 0.2) is 182 Å². The second kappa shape index (κ2) is 11.7.